The second-order valence-corrected chi connectivity index (χ2v) is 4.19. The maximum Gasteiger partial charge on any atom is 0.307 e. The van der Waals surface area contributed by atoms with Gasteiger partial charge in [0.15, 0.2) is 0 Å². The van der Waals surface area contributed by atoms with Crippen LogP contribution >= 0.6 is 0 Å². The van der Waals surface area contributed by atoms with E-state index < -0.39 is 5.97 Å². The summed E-state index contributed by atoms with van der Waals surface area (Å²) in [5, 5.41) is 16.1. The van der Waals surface area contributed by atoms with Gasteiger partial charge in [0.05, 0.1) is 25.2 Å². The lowest BCUT2D eigenvalue weighted by Crippen LogP contribution is -2.43. The van der Waals surface area contributed by atoms with Crippen LogP contribution in [0.3, 0.4) is 0 Å². The van der Waals surface area contributed by atoms with Crippen molar-refractivity contribution in [3.8, 4) is 0 Å². The molecule has 17 heavy (non-hydrogen) atoms. The van der Waals surface area contributed by atoms with Gasteiger partial charge in [-0.1, -0.05) is 0 Å². The standard InChI is InChI=1S/C11H17N3O3/c15-11(16)9-6-10(8-12-7-9)17-5-4-14-3-1-2-13-14/h1-3,9-10,12H,4-8H2,(H,15,16). The molecule has 2 atom stereocenters. The maximum atomic E-state index is 10.9. The largest absolute Gasteiger partial charge is 0.481 e. The van der Waals surface area contributed by atoms with Gasteiger partial charge in [-0.15, -0.1) is 0 Å². The smallest absolute Gasteiger partial charge is 0.307 e. The van der Waals surface area contributed by atoms with Gasteiger partial charge >= 0.3 is 5.97 Å². The van der Waals surface area contributed by atoms with Crippen LogP contribution in [-0.4, -0.2) is 46.7 Å². The first-order valence-electron chi connectivity index (χ1n) is 5.78. The Balaban J connectivity index is 1.70. The molecule has 0 spiro atoms. The molecule has 1 aliphatic rings. The summed E-state index contributed by atoms with van der Waals surface area (Å²) in [4.78, 5) is 10.9. The second-order valence-electron chi connectivity index (χ2n) is 4.19. The minimum absolute atomic E-state index is 0.0135. The third-order valence-electron chi connectivity index (χ3n) is 2.89. The summed E-state index contributed by atoms with van der Waals surface area (Å²) in [7, 11) is 0. The van der Waals surface area contributed by atoms with Crippen molar-refractivity contribution in [3.63, 3.8) is 0 Å². The van der Waals surface area contributed by atoms with Gasteiger partial charge in [-0.3, -0.25) is 9.48 Å². The SMILES string of the molecule is O=C(O)C1CNCC(OCCn2cccn2)C1. The summed E-state index contributed by atoms with van der Waals surface area (Å²) < 4.78 is 7.45. The summed E-state index contributed by atoms with van der Waals surface area (Å²) in [6, 6.07) is 1.86. The van der Waals surface area contributed by atoms with E-state index in [1.807, 2.05) is 12.3 Å². The van der Waals surface area contributed by atoms with E-state index in [-0.39, 0.29) is 12.0 Å². The molecule has 1 aromatic heterocycles. The van der Waals surface area contributed by atoms with Crippen molar-refractivity contribution in [2.45, 2.75) is 19.1 Å². The Morgan fingerprint density at radius 3 is 3.18 bits per heavy atom. The second kappa shape index (κ2) is 5.79. The van der Waals surface area contributed by atoms with Gasteiger partial charge in [0.2, 0.25) is 0 Å². The highest BCUT2D eigenvalue weighted by Crippen LogP contribution is 2.13. The van der Waals surface area contributed by atoms with Crippen molar-refractivity contribution in [1.29, 1.82) is 0 Å². The molecule has 94 valence electrons. The van der Waals surface area contributed by atoms with Crippen molar-refractivity contribution in [2.24, 2.45) is 5.92 Å². The molecule has 6 nitrogen and oxygen atoms in total. The first-order chi connectivity index (χ1) is 8.25. The predicted octanol–water partition coefficient (Wildman–Crippen LogP) is -0.0376. The molecular formula is C11H17N3O3. The van der Waals surface area contributed by atoms with Crippen LogP contribution in [-0.2, 0) is 16.1 Å². The fourth-order valence-electron chi connectivity index (χ4n) is 1.96. The highest BCUT2D eigenvalue weighted by atomic mass is 16.5. The number of piperidine rings is 1. The first kappa shape index (κ1) is 12.1. The van der Waals surface area contributed by atoms with Gasteiger partial charge in [0, 0.05) is 25.5 Å². The van der Waals surface area contributed by atoms with Crippen LogP contribution in [0.15, 0.2) is 18.5 Å². The molecule has 0 aliphatic carbocycles. The third kappa shape index (κ3) is 3.54. The molecule has 2 N–H and O–H groups in total. The Bertz CT molecular complexity index is 353. The lowest BCUT2D eigenvalue weighted by Gasteiger charge is -2.27. The van der Waals surface area contributed by atoms with Crippen LogP contribution in [0.4, 0.5) is 0 Å². The number of carboxylic acids is 1. The summed E-state index contributed by atoms with van der Waals surface area (Å²) in [6.07, 6.45) is 4.17. The number of nitrogens with one attached hydrogen (secondary N) is 1. The summed E-state index contributed by atoms with van der Waals surface area (Å²) >= 11 is 0. The van der Waals surface area contributed by atoms with Gasteiger partial charge in [-0.2, -0.15) is 5.10 Å². The molecule has 1 aromatic rings. The number of ether oxygens (including phenoxy) is 1. The molecule has 2 rings (SSSR count). The number of hydrogen-bond acceptors (Lipinski definition) is 4. The molecule has 2 unspecified atom stereocenters. The van der Waals surface area contributed by atoms with E-state index >= 15 is 0 Å². The predicted molar refractivity (Wildman–Crippen MR) is 60.6 cm³/mol. The molecule has 0 bridgehead atoms. The number of carboxylic acid groups (broad SMARTS) is 1. The summed E-state index contributed by atoms with van der Waals surface area (Å²) in [5.41, 5.74) is 0. The molecule has 0 radical (unpaired) electrons. The van der Waals surface area contributed by atoms with Crippen molar-refractivity contribution in [1.82, 2.24) is 15.1 Å². The Kier molecular flexibility index (Phi) is 4.11. The Morgan fingerprint density at radius 2 is 2.47 bits per heavy atom. The van der Waals surface area contributed by atoms with E-state index in [1.165, 1.54) is 0 Å². The number of rotatable bonds is 5. The fraction of sp³-hybridized carbons (Fsp3) is 0.636. The molecule has 1 aliphatic heterocycles. The van der Waals surface area contributed by atoms with Crippen LogP contribution in [0.2, 0.25) is 0 Å². The van der Waals surface area contributed by atoms with Gasteiger partial charge in [0.1, 0.15) is 0 Å². The maximum absolute atomic E-state index is 10.9. The van der Waals surface area contributed by atoms with Crippen molar-refractivity contribution >= 4 is 5.97 Å². The van der Waals surface area contributed by atoms with Crippen LogP contribution < -0.4 is 5.32 Å². The molecule has 1 saturated heterocycles. The number of carbonyl (C=O) groups is 1. The molecule has 0 saturated carbocycles. The molecule has 6 heteroatoms. The van der Waals surface area contributed by atoms with Crippen LogP contribution in [0, 0.1) is 5.92 Å². The Labute approximate surface area is 99.6 Å². The number of aromatic nitrogens is 2. The van der Waals surface area contributed by atoms with E-state index in [2.05, 4.69) is 10.4 Å². The van der Waals surface area contributed by atoms with Crippen LogP contribution in [0.1, 0.15) is 6.42 Å². The van der Waals surface area contributed by atoms with Gasteiger partial charge < -0.3 is 15.2 Å². The first-order valence-corrected chi connectivity index (χ1v) is 5.78. The highest BCUT2D eigenvalue weighted by molar-refractivity contribution is 5.70. The average molecular weight is 239 g/mol. The quantitative estimate of drug-likeness (QED) is 0.754. The van der Waals surface area contributed by atoms with Gasteiger partial charge in [-0.25, -0.2) is 0 Å². The normalized spacial score (nSPS) is 24.7. The van der Waals surface area contributed by atoms with Crippen LogP contribution in [0.25, 0.3) is 0 Å². The summed E-state index contributed by atoms with van der Waals surface area (Å²) in [6.45, 7) is 2.51. The molecule has 0 aromatic carbocycles. The topological polar surface area (TPSA) is 76.4 Å². The molecule has 1 fully saturated rings. The minimum atomic E-state index is -0.752. The highest BCUT2D eigenvalue weighted by Gasteiger charge is 2.26. The zero-order chi connectivity index (χ0) is 12.1. The van der Waals surface area contributed by atoms with Gasteiger partial charge in [-0.05, 0) is 12.5 Å². The van der Waals surface area contributed by atoms with Crippen molar-refractivity contribution in [2.75, 3.05) is 19.7 Å². The van der Waals surface area contributed by atoms with Gasteiger partial charge in [0.25, 0.3) is 0 Å². The van der Waals surface area contributed by atoms with Crippen molar-refractivity contribution < 1.29 is 14.6 Å². The minimum Gasteiger partial charge on any atom is -0.481 e. The van der Waals surface area contributed by atoms with E-state index in [4.69, 9.17) is 9.84 Å². The van der Waals surface area contributed by atoms with E-state index in [0.29, 0.717) is 26.1 Å². The van der Waals surface area contributed by atoms with Crippen LogP contribution in [0.5, 0.6) is 0 Å². The third-order valence-corrected chi connectivity index (χ3v) is 2.89. The average Bonchev–Trinajstić information content (AvgIpc) is 2.82. The monoisotopic (exact) mass is 239 g/mol. The Morgan fingerprint density at radius 1 is 1.59 bits per heavy atom. The molecule has 2 heterocycles. The number of hydrogen-bond donors (Lipinski definition) is 2. The lowest BCUT2D eigenvalue weighted by molar-refractivity contribution is -0.144. The summed E-state index contributed by atoms with van der Waals surface area (Å²) in [5.74, 6) is -1.09. The fourth-order valence-corrected chi connectivity index (χ4v) is 1.96. The zero-order valence-electron chi connectivity index (χ0n) is 9.58. The Hall–Kier alpha value is -1.40. The number of aliphatic carboxylic acids is 1. The lowest BCUT2D eigenvalue weighted by atomic mass is 9.98. The van der Waals surface area contributed by atoms with Crippen molar-refractivity contribution in [3.05, 3.63) is 18.5 Å². The molecular weight excluding hydrogens is 222 g/mol. The molecule has 0 amide bonds. The number of nitrogens with zero attached hydrogens (tertiary/aromatic N) is 2. The van der Waals surface area contributed by atoms with E-state index in [9.17, 15) is 4.79 Å². The zero-order valence-corrected chi connectivity index (χ0v) is 9.58. The van der Waals surface area contributed by atoms with E-state index in [0.717, 1.165) is 6.54 Å². The van der Waals surface area contributed by atoms with E-state index in [1.54, 1.807) is 10.9 Å².